The third-order valence-corrected chi connectivity index (χ3v) is 5.64. The Kier molecular flexibility index (Phi) is 4.19. The fraction of sp³-hybridized carbons (Fsp3) is 0.400. The largest absolute Gasteiger partial charge is 0.334 e. The summed E-state index contributed by atoms with van der Waals surface area (Å²) in [5.74, 6) is 3.55. The molecule has 1 fully saturated rings. The van der Waals surface area contributed by atoms with E-state index < -0.39 is 0 Å². The molecule has 1 unspecified atom stereocenters. The SMILES string of the molecule is Cn1cc(C2CSCCN2Cc2noc(-c3ccsc3)n2)cn1. The highest BCUT2D eigenvalue weighted by molar-refractivity contribution is 7.99. The molecule has 1 aliphatic heterocycles. The van der Waals surface area contributed by atoms with Gasteiger partial charge in [-0.25, -0.2) is 0 Å². The molecule has 4 heterocycles. The van der Waals surface area contributed by atoms with Crippen LogP contribution in [0.15, 0.2) is 33.7 Å². The van der Waals surface area contributed by atoms with E-state index in [0.717, 1.165) is 29.4 Å². The number of thioether (sulfide) groups is 1. The van der Waals surface area contributed by atoms with E-state index in [0.29, 0.717) is 18.5 Å². The molecule has 0 bridgehead atoms. The molecule has 6 nitrogen and oxygen atoms in total. The van der Waals surface area contributed by atoms with Crippen molar-refractivity contribution in [1.29, 1.82) is 0 Å². The summed E-state index contributed by atoms with van der Waals surface area (Å²) in [7, 11) is 1.95. The lowest BCUT2D eigenvalue weighted by atomic mass is 10.1. The summed E-state index contributed by atoms with van der Waals surface area (Å²) in [6.07, 6.45) is 4.05. The molecule has 0 spiro atoms. The number of thiophene rings is 1. The van der Waals surface area contributed by atoms with Crippen molar-refractivity contribution in [1.82, 2.24) is 24.8 Å². The van der Waals surface area contributed by atoms with E-state index in [4.69, 9.17) is 4.52 Å². The third kappa shape index (κ3) is 3.19. The van der Waals surface area contributed by atoms with Crippen molar-refractivity contribution in [2.24, 2.45) is 7.05 Å². The van der Waals surface area contributed by atoms with Gasteiger partial charge in [0.2, 0.25) is 0 Å². The monoisotopic (exact) mass is 347 g/mol. The molecular formula is C15H17N5OS2. The molecule has 1 aliphatic rings. The molecular weight excluding hydrogens is 330 g/mol. The second kappa shape index (κ2) is 6.46. The number of nitrogens with zero attached hydrogens (tertiary/aromatic N) is 5. The van der Waals surface area contributed by atoms with E-state index in [9.17, 15) is 0 Å². The van der Waals surface area contributed by atoms with Gasteiger partial charge >= 0.3 is 0 Å². The molecule has 4 rings (SSSR count). The predicted octanol–water partition coefficient (Wildman–Crippen LogP) is 2.82. The number of aromatic nitrogens is 4. The minimum absolute atomic E-state index is 0.352. The molecule has 0 aromatic carbocycles. The van der Waals surface area contributed by atoms with Crippen LogP contribution in [0.4, 0.5) is 0 Å². The second-order valence-corrected chi connectivity index (χ2v) is 7.47. The summed E-state index contributed by atoms with van der Waals surface area (Å²) in [6, 6.07) is 2.35. The van der Waals surface area contributed by atoms with Gasteiger partial charge in [0.15, 0.2) is 5.82 Å². The van der Waals surface area contributed by atoms with Crippen LogP contribution in [-0.2, 0) is 13.6 Å². The molecule has 1 atom stereocenters. The van der Waals surface area contributed by atoms with E-state index in [2.05, 4.69) is 26.3 Å². The van der Waals surface area contributed by atoms with Crippen molar-refractivity contribution in [2.75, 3.05) is 18.1 Å². The van der Waals surface area contributed by atoms with Crippen LogP contribution in [0.3, 0.4) is 0 Å². The third-order valence-electron chi connectivity index (χ3n) is 3.93. The molecule has 1 saturated heterocycles. The first-order valence-electron chi connectivity index (χ1n) is 7.45. The highest BCUT2D eigenvalue weighted by atomic mass is 32.2. The van der Waals surface area contributed by atoms with Crippen molar-refractivity contribution in [3.05, 3.63) is 40.6 Å². The number of hydrogen-bond donors (Lipinski definition) is 0. The van der Waals surface area contributed by atoms with E-state index in [1.165, 1.54) is 5.56 Å². The molecule has 0 N–H and O–H groups in total. The maximum Gasteiger partial charge on any atom is 0.258 e. The van der Waals surface area contributed by atoms with Crippen LogP contribution in [-0.4, -0.2) is 42.9 Å². The maximum absolute atomic E-state index is 5.39. The van der Waals surface area contributed by atoms with Crippen LogP contribution in [0, 0.1) is 0 Å². The Hall–Kier alpha value is -1.64. The average molecular weight is 347 g/mol. The molecule has 120 valence electrons. The summed E-state index contributed by atoms with van der Waals surface area (Å²) in [5, 5.41) is 12.5. The molecule has 3 aromatic rings. The Balaban J connectivity index is 1.52. The number of aryl methyl sites for hydroxylation is 1. The molecule has 3 aromatic heterocycles. The number of hydrogen-bond acceptors (Lipinski definition) is 7. The highest BCUT2D eigenvalue weighted by Gasteiger charge is 2.26. The lowest BCUT2D eigenvalue weighted by Gasteiger charge is -2.33. The molecule has 0 aliphatic carbocycles. The Morgan fingerprint density at radius 2 is 2.39 bits per heavy atom. The minimum atomic E-state index is 0.352. The van der Waals surface area contributed by atoms with Gasteiger partial charge in [0, 0.05) is 48.3 Å². The van der Waals surface area contributed by atoms with Crippen molar-refractivity contribution >= 4 is 23.1 Å². The maximum atomic E-state index is 5.39. The van der Waals surface area contributed by atoms with Gasteiger partial charge < -0.3 is 4.52 Å². The van der Waals surface area contributed by atoms with Crippen molar-refractivity contribution in [3.8, 4) is 11.5 Å². The quantitative estimate of drug-likeness (QED) is 0.723. The number of rotatable bonds is 4. The van der Waals surface area contributed by atoms with Crippen LogP contribution in [0.1, 0.15) is 17.4 Å². The van der Waals surface area contributed by atoms with Gasteiger partial charge in [0.05, 0.1) is 18.3 Å². The van der Waals surface area contributed by atoms with Gasteiger partial charge in [-0.1, -0.05) is 5.16 Å². The lowest BCUT2D eigenvalue weighted by molar-refractivity contribution is 0.204. The Morgan fingerprint density at radius 3 is 3.17 bits per heavy atom. The summed E-state index contributed by atoms with van der Waals surface area (Å²) in [5.41, 5.74) is 2.24. The Labute approximate surface area is 142 Å². The summed E-state index contributed by atoms with van der Waals surface area (Å²) in [4.78, 5) is 6.95. The van der Waals surface area contributed by atoms with E-state index in [1.54, 1.807) is 11.3 Å². The van der Waals surface area contributed by atoms with Gasteiger partial charge in [-0.2, -0.15) is 33.2 Å². The van der Waals surface area contributed by atoms with E-state index in [1.807, 2.05) is 46.5 Å². The van der Waals surface area contributed by atoms with Crippen molar-refractivity contribution < 1.29 is 4.52 Å². The second-order valence-electron chi connectivity index (χ2n) is 5.54. The molecule has 0 amide bonds. The first-order valence-corrected chi connectivity index (χ1v) is 9.55. The Morgan fingerprint density at radius 1 is 1.43 bits per heavy atom. The van der Waals surface area contributed by atoms with Crippen LogP contribution >= 0.6 is 23.1 Å². The first-order chi connectivity index (χ1) is 11.3. The van der Waals surface area contributed by atoms with Crippen LogP contribution in [0.2, 0.25) is 0 Å². The van der Waals surface area contributed by atoms with Gasteiger partial charge in [-0.15, -0.1) is 0 Å². The van der Waals surface area contributed by atoms with Crippen LogP contribution in [0.25, 0.3) is 11.5 Å². The zero-order chi connectivity index (χ0) is 15.6. The predicted molar refractivity (Wildman–Crippen MR) is 91.3 cm³/mol. The van der Waals surface area contributed by atoms with Crippen LogP contribution in [0.5, 0.6) is 0 Å². The van der Waals surface area contributed by atoms with Crippen molar-refractivity contribution in [2.45, 2.75) is 12.6 Å². The zero-order valence-electron chi connectivity index (χ0n) is 12.8. The van der Waals surface area contributed by atoms with E-state index in [-0.39, 0.29) is 0 Å². The summed E-state index contributed by atoms with van der Waals surface area (Å²) < 4.78 is 7.25. The molecule has 0 radical (unpaired) electrons. The van der Waals surface area contributed by atoms with Crippen molar-refractivity contribution in [3.63, 3.8) is 0 Å². The Bertz CT molecular complexity index is 767. The van der Waals surface area contributed by atoms with Gasteiger partial charge in [-0.3, -0.25) is 9.58 Å². The normalized spacial score (nSPS) is 19.3. The highest BCUT2D eigenvalue weighted by Crippen LogP contribution is 2.30. The summed E-state index contributed by atoms with van der Waals surface area (Å²) >= 11 is 3.61. The first kappa shape index (κ1) is 14.9. The van der Waals surface area contributed by atoms with Gasteiger partial charge in [-0.05, 0) is 11.4 Å². The lowest BCUT2D eigenvalue weighted by Crippen LogP contribution is -2.35. The fourth-order valence-electron chi connectivity index (χ4n) is 2.75. The summed E-state index contributed by atoms with van der Waals surface area (Å²) in [6.45, 7) is 1.72. The minimum Gasteiger partial charge on any atom is -0.334 e. The fourth-order valence-corrected chi connectivity index (χ4v) is 4.54. The molecule has 23 heavy (non-hydrogen) atoms. The smallest absolute Gasteiger partial charge is 0.258 e. The van der Waals surface area contributed by atoms with Crippen LogP contribution < -0.4 is 0 Å². The van der Waals surface area contributed by atoms with Gasteiger partial charge in [0.1, 0.15) is 0 Å². The average Bonchev–Trinajstić information content (AvgIpc) is 3.28. The topological polar surface area (TPSA) is 60.0 Å². The molecule has 8 heteroatoms. The van der Waals surface area contributed by atoms with E-state index >= 15 is 0 Å². The standard InChI is InChI=1S/C15H17N5OS2/c1-19-7-12(6-16-19)13-10-23-5-3-20(13)8-14-17-15(21-18-14)11-2-4-22-9-11/h2,4,6-7,9,13H,3,5,8,10H2,1H3. The molecule has 0 saturated carbocycles. The van der Waals surface area contributed by atoms with Gasteiger partial charge in [0.25, 0.3) is 5.89 Å². The zero-order valence-corrected chi connectivity index (χ0v) is 14.4.